The first-order valence-corrected chi connectivity index (χ1v) is 4.66. The Labute approximate surface area is 79.5 Å². The van der Waals surface area contributed by atoms with Crippen molar-refractivity contribution >= 4 is 5.71 Å². The van der Waals surface area contributed by atoms with Crippen molar-refractivity contribution in [3.63, 3.8) is 0 Å². The molecule has 1 atom stereocenters. The first-order valence-electron chi connectivity index (χ1n) is 4.66. The molecule has 0 aliphatic rings. The fourth-order valence-electron chi connectivity index (χ4n) is 0.912. The van der Waals surface area contributed by atoms with Crippen LogP contribution in [-0.2, 0) is 0 Å². The Morgan fingerprint density at radius 2 is 2.15 bits per heavy atom. The molecule has 2 nitrogen and oxygen atoms in total. The summed E-state index contributed by atoms with van der Waals surface area (Å²) in [6.45, 7) is 3.60. The van der Waals surface area contributed by atoms with Gasteiger partial charge in [-0.15, -0.1) is 0 Å². The lowest BCUT2D eigenvalue weighted by Crippen LogP contribution is -2.13. The van der Waals surface area contributed by atoms with Crippen LogP contribution in [0.5, 0.6) is 0 Å². The highest BCUT2D eigenvalue weighted by Gasteiger charge is 1.97. The summed E-state index contributed by atoms with van der Waals surface area (Å²) in [5.74, 6) is -0.118. The van der Waals surface area contributed by atoms with Crippen molar-refractivity contribution in [2.45, 2.75) is 45.6 Å². The van der Waals surface area contributed by atoms with Crippen LogP contribution in [0.25, 0.3) is 0 Å². The summed E-state index contributed by atoms with van der Waals surface area (Å²) >= 11 is 0. The number of nitrogens with two attached hydrogens (primary N) is 1. The second-order valence-electron chi connectivity index (χ2n) is 3.49. The molecule has 0 amide bonds. The molecule has 0 heterocycles. The molecule has 0 aromatic carbocycles. The van der Waals surface area contributed by atoms with Crippen LogP contribution in [0.3, 0.4) is 0 Å². The summed E-state index contributed by atoms with van der Waals surface area (Å²) in [5.41, 5.74) is 6.04. The topological polar surface area (TPSA) is 49.9 Å². The summed E-state index contributed by atoms with van der Waals surface area (Å²) in [4.78, 5) is 0. The number of rotatable bonds is 6. The van der Waals surface area contributed by atoms with Crippen molar-refractivity contribution in [2.75, 3.05) is 0 Å². The van der Waals surface area contributed by atoms with E-state index in [2.05, 4.69) is 0 Å². The highest BCUT2D eigenvalue weighted by Crippen LogP contribution is 2.09. The highest BCUT2D eigenvalue weighted by molar-refractivity contribution is 5.78. The van der Waals surface area contributed by atoms with Crippen LogP contribution in [0.4, 0.5) is 4.39 Å². The average molecular weight is 186 g/mol. The molecule has 3 heteroatoms. The van der Waals surface area contributed by atoms with Crippen LogP contribution >= 0.6 is 0 Å². The Morgan fingerprint density at radius 1 is 1.54 bits per heavy atom. The lowest BCUT2D eigenvalue weighted by atomic mass is 10.1. The molecule has 3 N–H and O–H groups in total. The Hall–Kier alpha value is -0.700. The molecule has 0 aromatic rings. The van der Waals surface area contributed by atoms with Gasteiger partial charge in [0, 0.05) is 18.2 Å². The summed E-state index contributed by atoms with van der Waals surface area (Å²) in [6, 6.07) is 0.133. The standard InChI is InChI=1S/C10H19FN2/c1-8(12)4-3-5-10(11)7-6-9(2)13/h5,8,13H,3-4,6-7,12H2,1-2H3/b10-5+,13-9?. The number of hydrogen-bond acceptors (Lipinski definition) is 2. The third-order valence-electron chi connectivity index (χ3n) is 1.73. The van der Waals surface area contributed by atoms with Gasteiger partial charge in [-0.1, -0.05) is 6.08 Å². The van der Waals surface area contributed by atoms with E-state index in [0.717, 1.165) is 6.42 Å². The summed E-state index contributed by atoms with van der Waals surface area (Å²) < 4.78 is 12.9. The van der Waals surface area contributed by atoms with Crippen LogP contribution in [0.1, 0.15) is 39.5 Å². The van der Waals surface area contributed by atoms with Gasteiger partial charge in [0.2, 0.25) is 0 Å². The Balaban J connectivity index is 3.57. The number of allylic oxidation sites excluding steroid dienone is 2. The fourth-order valence-corrected chi connectivity index (χ4v) is 0.912. The van der Waals surface area contributed by atoms with Crippen molar-refractivity contribution in [3.05, 3.63) is 11.9 Å². The summed E-state index contributed by atoms with van der Waals surface area (Å²) in [6.07, 6.45) is 3.96. The van der Waals surface area contributed by atoms with Crippen molar-refractivity contribution in [1.29, 1.82) is 5.41 Å². The van der Waals surface area contributed by atoms with E-state index in [9.17, 15) is 4.39 Å². The van der Waals surface area contributed by atoms with E-state index in [1.54, 1.807) is 13.0 Å². The van der Waals surface area contributed by atoms with Crippen molar-refractivity contribution in [2.24, 2.45) is 5.73 Å². The first-order chi connectivity index (χ1) is 6.02. The van der Waals surface area contributed by atoms with Gasteiger partial charge in [0.05, 0.1) is 5.83 Å². The Morgan fingerprint density at radius 3 is 2.62 bits per heavy atom. The van der Waals surface area contributed by atoms with Gasteiger partial charge < -0.3 is 11.1 Å². The highest BCUT2D eigenvalue weighted by atomic mass is 19.1. The third-order valence-corrected chi connectivity index (χ3v) is 1.73. The molecule has 13 heavy (non-hydrogen) atoms. The second kappa shape index (κ2) is 6.78. The molecule has 0 saturated heterocycles. The van der Waals surface area contributed by atoms with E-state index < -0.39 is 0 Å². The zero-order chi connectivity index (χ0) is 10.3. The molecule has 0 aliphatic heterocycles. The van der Waals surface area contributed by atoms with Crippen molar-refractivity contribution in [1.82, 2.24) is 0 Å². The maximum absolute atomic E-state index is 12.9. The monoisotopic (exact) mass is 186 g/mol. The molecule has 0 aromatic heterocycles. The largest absolute Gasteiger partial charge is 0.328 e. The normalized spacial score (nSPS) is 14.3. The van der Waals surface area contributed by atoms with Gasteiger partial charge in [0.1, 0.15) is 0 Å². The van der Waals surface area contributed by atoms with E-state index in [1.165, 1.54) is 0 Å². The summed E-state index contributed by atoms with van der Waals surface area (Å²) in [5, 5.41) is 7.12. The summed E-state index contributed by atoms with van der Waals surface area (Å²) in [7, 11) is 0. The predicted molar refractivity (Wildman–Crippen MR) is 54.7 cm³/mol. The van der Waals surface area contributed by atoms with Crippen LogP contribution in [0.2, 0.25) is 0 Å². The van der Waals surface area contributed by atoms with Crippen LogP contribution in [0.15, 0.2) is 11.9 Å². The molecule has 0 rings (SSSR count). The van der Waals surface area contributed by atoms with E-state index in [0.29, 0.717) is 25.0 Å². The van der Waals surface area contributed by atoms with Crippen molar-refractivity contribution in [3.8, 4) is 0 Å². The maximum atomic E-state index is 12.9. The van der Waals surface area contributed by atoms with Crippen molar-refractivity contribution < 1.29 is 4.39 Å². The molecular weight excluding hydrogens is 167 g/mol. The molecule has 0 radical (unpaired) electrons. The second-order valence-corrected chi connectivity index (χ2v) is 3.49. The Kier molecular flexibility index (Phi) is 6.41. The number of nitrogens with one attached hydrogen (secondary N) is 1. The van der Waals surface area contributed by atoms with Gasteiger partial charge in [-0.3, -0.25) is 0 Å². The first kappa shape index (κ1) is 12.3. The van der Waals surface area contributed by atoms with E-state index >= 15 is 0 Å². The molecule has 0 spiro atoms. The Bertz CT molecular complexity index is 185. The minimum atomic E-state index is -0.118. The van der Waals surface area contributed by atoms with Gasteiger partial charge in [0.15, 0.2) is 0 Å². The molecular formula is C10H19FN2. The fraction of sp³-hybridized carbons (Fsp3) is 0.700. The van der Waals surface area contributed by atoms with Gasteiger partial charge in [0.25, 0.3) is 0 Å². The average Bonchev–Trinajstić information content (AvgIpc) is 2.00. The molecule has 0 saturated carbocycles. The quantitative estimate of drug-likeness (QED) is 0.616. The molecule has 0 bridgehead atoms. The molecule has 0 aliphatic carbocycles. The van der Waals surface area contributed by atoms with Crippen LogP contribution in [0, 0.1) is 5.41 Å². The molecule has 0 fully saturated rings. The van der Waals surface area contributed by atoms with E-state index in [4.69, 9.17) is 11.1 Å². The lowest BCUT2D eigenvalue weighted by Gasteiger charge is -2.01. The SMILES string of the molecule is CC(=N)CC/C(F)=C\CCC(C)N. The smallest absolute Gasteiger partial charge is 0.0963 e. The minimum Gasteiger partial charge on any atom is -0.328 e. The third kappa shape index (κ3) is 9.21. The van der Waals surface area contributed by atoms with Gasteiger partial charge in [-0.05, 0) is 33.1 Å². The molecule has 76 valence electrons. The zero-order valence-corrected chi connectivity index (χ0v) is 8.44. The van der Waals surface area contributed by atoms with E-state index in [1.807, 2.05) is 6.92 Å². The van der Waals surface area contributed by atoms with Crippen LogP contribution in [-0.4, -0.2) is 11.8 Å². The zero-order valence-electron chi connectivity index (χ0n) is 8.44. The minimum absolute atomic E-state index is 0.118. The van der Waals surface area contributed by atoms with E-state index in [-0.39, 0.29) is 11.9 Å². The van der Waals surface area contributed by atoms with Gasteiger partial charge in [-0.25, -0.2) is 4.39 Å². The van der Waals surface area contributed by atoms with Gasteiger partial charge in [-0.2, -0.15) is 0 Å². The van der Waals surface area contributed by atoms with Crippen LogP contribution < -0.4 is 5.73 Å². The van der Waals surface area contributed by atoms with Gasteiger partial charge >= 0.3 is 0 Å². The lowest BCUT2D eigenvalue weighted by molar-refractivity contribution is 0.581. The maximum Gasteiger partial charge on any atom is 0.0963 e. The number of halogens is 1. The number of hydrogen-bond donors (Lipinski definition) is 2. The predicted octanol–water partition coefficient (Wildman–Crippen LogP) is 2.79. The molecule has 1 unspecified atom stereocenters.